The number of aromatic nitrogens is 3. The number of aryl methyl sites for hydroxylation is 1. The smallest absolute Gasteiger partial charge is 0.409 e. The number of ether oxygens (including phenoxy) is 2. The predicted molar refractivity (Wildman–Crippen MR) is 114 cm³/mol. The van der Waals surface area contributed by atoms with Gasteiger partial charge in [-0.1, -0.05) is 0 Å². The van der Waals surface area contributed by atoms with Gasteiger partial charge in [-0.15, -0.1) is 0 Å². The number of nitrogens with one attached hydrogen (secondary N) is 1. The molecule has 1 amide bonds. The maximum absolute atomic E-state index is 12.2. The summed E-state index contributed by atoms with van der Waals surface area (Å²) in [7, 11) is 5.32. The molecule has 30 heavy (non-hydrogen) atoms. The molecule has 0 aromatic carbocycles. The molecule has 0 atom stereocenters. The van der Waals surface area contributed by atoms with E-state index in [4.69, 9.17) is 14.6 Å². The number of methoxy groups -OCH3 is 1. The average molecular weight is 415 g/mol. The number of hydrogen-bond acceptors (Lipinski definition) is 7. The molecule has 2 aliphatic heterocycles. The summed E-state index contributed by atoms with van der Waals surface area (Å²) in [4.78, 5) is 20.5. The lowest BCUT2D eigenvalue weighted by Gasteiger charge is -2.29. The van der Waals surface area contributed by atoms with Crippen molar-refractivity contribution in [3.63, 3.8) is 0 Å². The van der Waals surface area contributed by atoms with Crippen molar-refractivity contribution in [2.24, 2.45) is 0 Å². The first-order valence-corrected chi connectivity index (χ1v) is 10.4. The highest BCUT2D eigenvalue weighted by atomic mass is 16.5. The maximum atomic E-state index is 12.2. The Morgan fingerprint density at radius 2 is 2.13 bits per heavy atom. The fraction of sp³-hybridized carbons (Fsp3) is 0.571. The lowest BCUT2D eigenvalue weighted by Crippen LogP contribution is -2.37. The molecule has 0 radical (unpaired) electrons. The summed E-state index contributed by atoms with van der Waals surface area (Å²) in [5, 5.41) is 8.24. The number of amides is 1. The number of rotatable bonds is 4. The summed E-state index contributed by atoms with van der Waals surface area (Å²) in [6, 6.07) is 2.40. The van der Waals surface area contributed by atoms with Crippen molar-refractivity contribution >= 4 is 23.3 Å². The molecule has 1 fully saturated rings. The first kappa shape index (κ1) is 20.5. The van der Waals surface area contributed by atoms with Crippen molar-refractivity contribution in [1.29, 1.82) is 0 Å². The van der Waals surface area contributed by atoms with Gasteiger partial charge in [0.25, 0.3) is 0 Å². The Morgan fingerprint density at radius 1 is 1.37 bits per heavy atom. The van der Waals surface area contributed by atoms with Crippen molar-refractivity contribution in [2.45, 2.75) is 38.8 Å². The average Bonchev–Trinajstić information content (AvgIpc) is 3.17. The summed E-state index contributed by atoms with van der Waals surface area (Å²) in [6.45, 7) is 4.61. The molecule has 9 nitrogen and oxygen atoms in total. The van der Waals surface area contributed by atoms with E-state index in [0.717, 1.165) is 60.9 Å². The second-order valence-electron chi connectivity index (χ2n) is 7.81. The molecular formula is C21H30N6O3. The largest absolute Gasteiger partial charge is 0.453 e. The molecule has 0 unspecified atom stereocenters. The van der Waals surface area contributed by atoms with Gasteiger partial charge in [-0.05, 0) is 25.8 Å². The maximum Gasteiger partial charge on any atom is 0.409 e. The summed E-state index contributed by atoms with van der Waals surface area (Å²) >= 11 is 0. The number of anilines is 3. The molecule has 0 saturated carbocycles. The molecular weight excluding hydrogens is 384 g/mol. The second kappa shape index (κ2) is 8.51. The second-order valence-corrected chi connectivity index (χ2v) is 7.81. The van der Waals surface area contributed by atoms with E-state index in [0.29, 0.717) is 19.1 Å². The fourth-order valence-electron chi connectivity index (χ4n) is 4.30. The van der Waals surface area contributed by atoms with Gasteiger partial charge in [0.2, 0.25) is 0 Å². The van der Waals surface area contributed by atoms with Crippen molar-refractivity contribution in [3.05, 3.63) is 29.2 Å². The number of nitrogens with zero attached hydrogens (tertiary/aromatic N) is 5. The molecule has 2 aromatic rings. The van der Waals surface area contributed by atoms with Crippen LogP contribution in [0.1, 0.15) is 35.8 Å². The summed E-state index contributed by atoms with van der Waals surface area (Å²) in [5.41, 5.74) is 5.15. The molecule has 1 saturated heterocycles. The summed E-state index contributed by atoms with van der Waals surface area (Å²) in [6.07, 6.45) is 4.22. The first-order chi connectivity index (χ1) is 14.5. The van der Waals surface area contributed by atoms with Crippen LogP contribution in [0.25, 0.3) is 0 Å². The zero-order chi connectivity index (χ0) is 21.3. The standard InChI is InChI=1S/C21H30N6O3/c1-14-18(22-2)11-16(12-23-14)25(3)20-17-13-26(21(28)29-4)8-5-19(17)27(24-20)15-6-9-30-10-7-15/h11-12,15,22H,5-10,13H2,1-4H3. The number of carbonyl (C=O) groups is 1. The lowest BCUT2D eigenvalue weighted by atomic mass is 10.0. The summed E-state index contributed by atoms with van der Waals surface area (Å²) in [5.74, 6) is 0.859. The Kier molecular flexibility index (Phi) is 5.80. The van der Waals surface area contributed by atoms with E-state index in [1.54, 1.807) is 4.90 Å². The van der Waals surface area contributed by atoms with E-state index in [9.17, 15) is 4.79 Å². The van der Waals surface area contributed by atoms with E-state index in [2.05, 4.69) is 25.9 Å². The van der Waals surface area contributed by atoms with Crippen LogP contribution in [0, 0.1) is 6.92 Å². The third-order valence-corrected chi connectivity index (χ3v) is 6.08. The third-order valence-electron chi connectivity index (χ3n) is 6.08. The molecule has 0 aliphatic carbocycles. The lowest BCUT2D eigenvalue weighted by molar-refractivity contribution is 0.0649. The number of hydrogen-bond donors (Lipinski definition) is 1. The van der Waals surface area contributed by atoms with Crippen LogP contribution in [0.15, 0.2) is 12.3 Å². The quantitative estimate of drug-likeness (QED) is 0.823. The van der Waals surface area contributed by atoms with Gasteiger partial charge < -0.3 is 24.6 Å². The Morgan fingerprint density at radius 3 is 2.83 bits per heavy atom. The topological polar surface area (TPSA) is 84.8 Å². The third kappa shape index (κ3) is 3.69. The minimum atomic E-state index is -0.303. The number of pyridine rings is 1. The van der Waals surface area contributed by atoms with Crippen LogP contribution in [0.5, 0.6) is 0 Å². The summed E-state index contributed by atoms with van der Waals surface area (Å²) < 4.78 is 12.7. The first-order valence-electron chi connectivity index (χ1n) is 10.4. The van der Waals surface area contributed by atoms with Crippen LogP contribution < -0.4 is 10.2 Å². The Balaban J connectivity index is 1.74. The zero-order valence-electron chi connectivity index (χ0n) is 18.1. The van der Waals surface area contributed by atoms with Gasteiger partial charge in [-0.25, -0.2) is 4.79 Å². The zero-order valence-corrected chi connectivity index (χ0v) is 18.1. The van der Waals surface area contributed by atoms with Gasteiger partial charge in [-0.3, -0.25) is 9.67 Å². The van der Waals surface area contributed by atoms with Gasteiger partial charge in [0, 0.05) is 51.5 Å². The highest BCUT2D eigenvalue weighted by Gasteiger charge is 2.32. The fourth-order valence-corrected chi connectivity index (χ4v) is 4.30. The highest BCUT2D eigenvalue weighted by Crippen LogP contribution is 2.36. The molecule has 0 spiro atoms. The van der Waals surface area contributed by atoms with Gasteiger partial charge in [0.05, 0.1) is 43.0 Å². The number of fused-ring (bicyclic) bond motifs is 1. The molecule has 4 rings (SSSR count). The number of carbonyl (C=O) groups excluding carboxylic acids is 1. The van der Waals surface area contributed by atoms with E-state index in [1.165, 1.54) is 12.8 Å². The van der Waals surface area contributed by atoms with Crippen LogP contribution in [0.4, 0.5) is 22.0 Å². The predicted octanol–water partition coefficient (Wildman–Crippen LogP) is 2.87. The van der Waals surface area contributed by atoms with Crippen molar-refractivity contribution in [3.8, 4) is 0 Å². The minimum Gasteiger partial charge on any atom is -0.453 e. The molecule has 2 aliphatic rings. The molecule has 1 N–H and O–H groups in total. The van der Waals surface area contributed by atoms with Crippen LogP contribution in [0.2, 0.25) is 0 Å². The van der Waals surface area contributed by atoms with E-state index >= 15 is 0 Å². The Labute approximate surface area is 177 Å². The van der Waals surface area contributed by atoms with E-state index < -0.39 is 0 Å². The van der Waals surface area contributed by atoms with Crippen molar-refractivity contribution in [1.82, 2.24) is 19.7 Å². The molecule has 9 heteroatoms. The molecule has 162 valence electrons. The van der Waals surface area contributed by atoms with Gasteiger partial charge in [0.15, 0.2) is 5.82 Å². The van der Waals surface area contributed by atoms with Gasteiger partial charge in [-0.2, -0.15) is 5.10 Å². The molecule has 2 aromatic heterocycles. The Hall–Kier alpha value is -2.81. The van der Waals surface area contributed by atoms with Crippen LogP contribution in [0.3, 0.4) is 0 Å². The normalized spacial score (nSPS) is 16.9. The van der Waals surface area contributed by atoms with Crippen LogP contribution in [-0.4, -0.2) is 66.7 Å². The van der Waals surface area contributed by atoms with Crippen LogP contribution >= 0.6 is 0 Å². The Bertz CT molecular complexity index is 922. The van der Waals surface area contributed by atoms with Gasteiger partial charge >= 0.3 is 6.09 Å². The van der Waals surface area contributed by atoms with E-state index in [1.807, 2.05) is 27.2 Å². The van der Waals surface area contributed by atoms with Crippen molar-refractivity contribution < 1.29 is 14.3 Å². The van der Waals surface area contributed by atoms with Crippen molar-refractivity contribution in [2.75, 3.05) is 51.2 Å². The molecule has 4 heterocycles. The molecule has 0 bridgehead atoms. The van der Waals surface area contributed by atoms with E-state index in [-0.39, 0.29) is 6.09 Å². The van der Waals surface area contributed by atoms with Crippen LogP contribution in [-0.2, 0) is 22.4 Å². The highest BCUT2D eigenvalue weighted by molar-refractivity contribution is 5.71. The SMILES string of the molecule is CNc1cc(N(C)c2nn(C3CCOCC3)c3c2CN(C(=O)OC)CC3)cnc1C. The monoisotopic (exact) mass is 414 g/mol. The minimum absolute atomic E-state index is 0.303. The van der Waals surface area contributed by atoms with Gasteiger partial charge in [0.1, 0.15) is 0 Å².